The predicted molar refractivity (Wildman–Crippen MR) is 77.5 cm³/mol. The van der Waals surface area contributed by atoms with Gasteiger partial charge in [0.05, 0.1) is 18.8 Å². The van der Waals surface area contributed by atoms with Crippen LogP contribution in [-0.2, 0) is 16.1 Å². The summed E-state index contributed by atoms with van der Waals surface area (Å²) < 4.78 is 5.38. The van der Waals surface area contributed by atoms with Crippen molar-refractivity contribution in [2.45, 2.75) is 24.9 Å². The van der Waals surface area contributed by atoms with Crippen LogP contribution in [0.5, 0.6) is 0 Å². The number of benzene rings is 1. The Labute approximate surface area is 119 Å². The fraction of sp³-hybridized carbons (Fsp3) is 0.533. The Morgan fingerprint density at radius 1 is 1.30 bits per heavy atom. The molecule has 20 heavy (non-hydrogen) atoms. The number of rotatable bonds is 4. The predicted octanol–water partition coefficient (Wildman–Crippen LogP) is 0.631. The van der Waals surface area contributed by atoms with Crippen LogP contribution in [0.3, 0.4) is 0 Å². The van der Waals surface area contributed by atoms with Crippen molar-refractivity contribution in [3.8, 4) is 0 Å². The molecule has 2 aliphatic rings. The second kappa shape index (κ2) is 5.42. The second-order valence-electron chi connectivity index (χ2n) is 5.57. The van der Waals surface area contributed by atoms with Crippen molar-refractivity contribution in [1.82, 2.24) is 5.32 Å². The van der Waals surface area contributed by atoms with E-state index in [1.807, 2.05) is 12.1 Å². The molecule has 1 heterocycles. The second-order valence-corrected chi connectivity index (χ2v) is 5.57. The molecule has 0 spiro atoms. The Morgan fingerprint density at radius 2 is 2.00 bits per heavy atom. The lowest BCUT2D eigenvalue weighted by Gasteiger charge is -2.30. The highest BCUT2D eigenvalue weighted by Gasteiger charge is 2.45. The molecule has 0 aromatic heterocycles. The molecule has 0 unspecified atom stereocenters. The van der Waals surface area contributed by atoms with E-state index in [-0.39, 0.29) is 5.91 Å². The maximum absolute atomic E-state index is 11.9. The minimum Gasteiger partial charge on any atom is -0.378 e. The van der Waals surface area contributed by atoms with Crippen molar-refractivity contribution < 1.29 is 9.53 Å². The molecular weight excluding hydrogens is 254 g/mol. The highest BCUT2D eigenvalue weighted by Crippen LogP contribution is 2.32. The number of hydrogen-bond acceptors (Lipinski definition) is 4. The van der Waals surface area contributed by atoms with Crippen molar-refractivity contribution >= 4 is 11.6 Å². The van der Waals surface area contributed by atoms with Crippen molar-refractivity contribution in [1.29, 1.82) is 0 Å². The third-order valence-electron chi connectivity index (χ3n) is 4.02. The highest BCUT2D eigenvalue weighted by atomic mass is 16.5. The Morgan fingerprint density at radius 3 is 2.70 bits per heavy atom. The number of carbonyl (C=O) groups is 1. The number of hydrogen-bond donors (Lipinski definition) is 2. The van der Waals surface area contributed by atoms with Crippen molar-refractivity contribution in [3.63, 3.8) is 0 Å². The first-order valence-electron chi connectivity index (χ1n) is 7.17. The molecule has 1 amide bonds. The average Bonchev–Trinajstić information content (AvgIpc) is 3.25. The summed E-state index contributed by atoms with van der Waals surface area (Å²) in [4.78, 5) is 14.2. The maximum atomic E-state index is 11.9. The number of nitrogens with one attached hydrogen (secondary N) is 1. The monoisotopic (exact) mass is 275 g/mol. The van der Waals surface area contributed by atoms with Crippen molar-refractivity contribution in [3.05, 3.63) is 29.8 Å². The first-order valence-corrected chi connectivity index (χ1v) is 7.17. The van der Waals surface area contributed by atoms with Gasteiger partial charge >= 0.3 is 0 Å². The van der Waals surface area contributed by atoms with E-state index in [4.69, 9.17) is 10.5 Å². The molecular formula is C15H21N3O2. The quantitative estimate of drug-likeness (QED) is 0.846. The van der Waals surface area contributed by atoms with E-state index < -0.39 is 5.54 Å². The molecule has 0 radical (unpaired) electrons. The number of nitrogens with two attached hydrogens (primary N) is 1. The Balaban J connectivity index is 1.67. The highest BCUT2D eigenvalue weighted by molar-refractivity contribution is 5.89. The third kappa shape index (κ3) is 2.78. The van der Waals surface area contributed by atoms with E-state index in [2.05, 4.69) is 22.3 Å². The van der Waals surface area contributed by atoms with Gasteiger partial charge in [-0.1, -0.05) is 18.2 Å². The third-order valence-corrected chi connectivity index (χ3v) is 4.02. The minimum absolute atomic E-state index is 0.0331. The molecule has 1 aliphatic carbocycles. The van der Waals surface area contributed by atoms with Gasteiger partial charge in [-0.25, -0.2) is 0 Å². The van der Waals surface area contributed by atoms with Crippen LogP contribution in [-0.4, -0.2) is 37.7 Å². The fourth-order valence-corrected chi connectivity index (χ4v) is 2.49. The van der Waals surface area contributed by atoms with Crippen molar-refractivity contribution in [2.24, 2.45) is 5.73 Å². The molecule has 1 saturated heterocycles. The van der Waals surface area contributed by atoms with Crippen LogP contribution in [0, 0.1) is 0 Å². The lowest BCUT2D eigenvalue weighted by atomic mass is 10.1. The van der Waals surface area contributed by atoms with Crippen LogP contribution >= 0.6 is 0 Å². The van der Waals surface area contributed by atoms with Crippen LogP contribution in [0.1, 0.15) is 18.4 Å². The van der Waals surface area contributed by atoms with Gasteiger partial charge in [-0.3, -0.25) is 4.79 Å². The van der Waals surface area contributed by atoms with Gasteiger partial charge in [0, 0.05) is 25.3 Å². The SMILES string of the molecule is NC1(C(=O)NCc2ccccc2N2CCOCC2)CC1. The van der Waals surface area contributed by atoms with Crippen LogP contribution in [0.2, 0.25) is 0 Å². The molecule has 3 rings (SSSR count). The van der Waals surface area contributed by atoms with E-state index in [9.17, 15) is 4.79 Å². The molecule has 5 heteroatoms. The molecule has 5 nitrogen and oxygen atoms in total. The summed E-state index contributed by atoms with van der Waals surface area (Å²) in [6, 6.07) is 8.19. The zero-order chi connectivity index (χ0) is 14.0. The number of anilines is 1. The van der Waals surface area contributed by atoms with E-state index in [1.165, 1.54) is 5.69 Å². The number of nitrogens with zero attached hydrogens (tertiary/aromatic N) is 1. The number of carbonyl (C=O) groups excluding carboxylic acids is 1. The summed E-state index contributed by atoms with van der Waals surface area (Å²) in [5.74, 6) is -0.0331. The normalized spacial score (nSPS) is 20.6. The van der Waals surface area contributed by atoms with Gasteiger partial charge in [0.15, 0.2) is 0 Å². The molecule has 0 atom stereocenters. The molecule has 3 N–H and O–H groups in total. The molecule has 2 fully saturated rings. The Hall–Kier alpha value is -1.59. The lowest BCUT2D eigenvalue weighted by Crippen LogP contribution is -2.42. The van der Waals surface area contributed by atoms with Gasteiger partial charge in [0.2, 0.25) is 5.91 Å². The van der Waals surface area contributed by atoms with E-state index >= 15 is 0 Å². The molecule has 1 saturated carbocycles. The lowest BCUT2D eigenvalue weighted by molar-refractivity contribution is -0.123. The van der Waals surface area contributed by atoms with Gasteiger partial charge in [0.25, 0.3) is 0 Å². The first-order chi connectivity index (χ1) is 9.69. The van der Waals surface area contributed by atoms with Gasteiger partial charge in [-0.2, -0.15) is 0 Å². The number of para-hydroxylation sites is 1. The summed E-state index contributed by atoms with van der Waals surface area (Å²) in [6.07, 6.45) is 1.59. The summed E-state index contributed by atoms with van der Waals surface area (Å²) in [6.45, 7) is 3.84. The summed E-state index contributed by atoms with van der Waals surface area (Å²) >= 11 is 0. The number of ether oxygens (including phenoxy) is 1. The topological polar surface area (TPSA) is 67.6 Å². The molecule has 1 aromatic rings. The van der Waals surface area contributed by atoms with Crippen molar-refractivity contribution in [2.75, 3.05) is 31.2 Å². The maximum Gasteiger partial charge on any atom is 0.240 e. The molecule has 108 valence electrons. The first kappa shape index (κ1) is 13.4. The standard InChI is InChI=1S/C15H21N3O2/c16-15(5-6-15)14(19)17-11-12-3-1-2-4-13(12)18-7-9-20-10-8-18/h1-4H,5-11,16H2,(H,17,19). The Kier molecular flexibility index (Phi) is 3.63. The fourth-order valence-electron chi connectivity index (χ4n) is 2.49. The largest absolute Gasteiger partial charge is 0.378 e. The van der Waals surface area contributed by atoms with E-state index in [0.717, 1.165) is 44.7 Å². The number of morpholine rings is 1. The van der Waals surface area contributed by atoms with Gasteiger partial charge in [0.1, 0.15) is 0 Å². The molecule has 1 aliphatic heterocycles. The Bertz CT molecular complexity index is 494. The molecule has 1 aromatic carbocycles. The van der Waals surface area contributed by atoms with Gasteiger partial charge in [-0.15, -0.1) is 0 Å². The average molecular weight is 275 g/mol. The van der Waals surface area contributed by atoms with Gasteiger partial charge in [-0.05, 0) is 24.5 Å². The van der Waals surface area contributed by atoms with Crippen LogP contribution in [0.4, 0.5) is 5.69 Å². The van der Waals surface area contributed by atoms with Crippen LogP contribution in [0.15, 0.2) is 24.3 Å². The summed E-state index contributed by atoms with van der Waals surface area (Å²) in [7, 11) is 0. The van der Waals surface area contributed by atoms with Crippen LogP contribution in [0.25, 0.3) is 0 Å². The summed E-state index contributed by atoms with van der Waals surface area (Å²) in [5, 5.41) is 2.96. The van der Waals surface area contributed by atoms with E-state index in [1.54, 1.807) is 0 Å². The minimum atomic E-state index is -0.603. The number of amides is 1. The van der Waals surface area contributed by atoms with Gasteiger partial charge < -0.3 is 20.7 Å². The smallest absolute Gasteiger partial charge is 0.240 e. The zero-order valence-electron chi connectivity index (χ0n) is 11.6. The zero-order valence-corrected chi connectivity index (χ0v) is 11.6. The summed E-state index contributed by atoms with van der Waals surface area (Å²) in [5.41, 5.74) is 7.60. The van der Waals surface area contributed by atoms with Crippen LogP contribution < -0.4 is 16.0 Å². The van der Waals surface area contributed by atoms with E-state index in [0.29, 0.717) is 6.54 Å². The molecule has 0 bridgehead atoms.